The molecule has 0 bridgehead atoms. The van der Waals surface area contributed by atoms with Crippen molar-refractivity contribution < 1.29 is 37.0 Å². The van der Waals surface area contributed by atoms with Crippen molar-refractivity contribution in [1.29, 1.82) is 0 Å². The smallest absolute Gasteiger partial charge is 0.416 e. The molecule has 1 aromatic heterocycles. The van der Waals surface area contributed by atoms with Crippen LogP contribution in [0.5, 0.6) is 17.2 Å². The van der Waals surface area contributed by atoms with E-state index in [-0.39, 0.29) is 29.2 Å². The van der Waals surface area contributed by atoms with Crippen LogP contribution in [0.4, 0.5) is 13.2 Å². The molecule has 0 unspecified atom stereocenters. The second-order valence-corrected chi connectivity index (χ2v) is 10.6. The molecule has 0 aliphatic rings. The Morgan fingerprint density at radius 1 is 0.929 bits per heavy atom. The molecule has 0 aliphatic carbocycles. The molecule has 0 fully saturated rings. The van der Waals surface area contributed by atoms with Crippen molar-refractivity contribution >= 4 is 34.4 Å². The highest BCUT2D eigenvalue weighted by Crippen LogP contribution is 2.38. The largest absolute Gasteiger partial charge is 0.491 e. The van der Waals surface area contributed by atoms with E-state index in [1.165, 1.54) is 26.0 Å². The molecule has 0 spiro atoms. The van der Waals surface area contributed by atoms with Crippen molar-refractivity contribution in [3.63, 3.8) is 0 Å². The molecule has 0 saturated heterocycles. The molecule has 0 atom stereocenters. The molecule has 4 aromatic rings. The molecule has 1 N–H and O–H groups in total. The Balaban J connectivity index is 1.78. The lowest BCUT2D eigenvalue weighted by molar-refractivity contribution is -0.149. The molecule has 0 radical (unpaired) electrons. The van der Waals surface area contributed by atoms with Crippen molar-refractivity contribution in [3.05, 3.63) is 83.0 Å². The van der Waals surface area contributed by atoms with Gasteiger partial charge in [-0.15, -0.1) is 0 Å². The van der Waals surface area contributed by atoms with Gasteiger partial charge in [0.15, 0.2) is 0 Å². The van der Waals surface area contributed by atoms with Gasteiger partial charge >= 0.3 is 12.1 Å². The minimum Gasteiger partial charge on any atom is -0.491 e. The van der Waals surface area contributed by atoms with Gasteiger partial charge in [-0.25, -0.2) is 4.79 Å². The van der Waals surface area contributed by atoms with Gasteiger partial charge in [0.25, 0.3) is 5.91 Å². The van der Waals surface area contributed by atoms with Crippen LogP contribution in [0.15, 0.2) is 66.7 Å². The molecular weight excluding hydrogens is 573 g/mol. The van der Waals surface area contributed by atoms with Crippen molar-refractivity contribution in [2.45, 2.75) is 52.4 Å². The molecule has 1 heterocycles. The Hall–Kier alpha value is -4.18. The van der Waals surface area contributed by atoms with E-state index in [0.717, 1.165) is 12.1 Å². The molecule has 0 aliphatic heterocycles. The first-order valence-corrected chi connectivity index (χ1v) is 13.5. The van der Waals surface area contributed by atoms with Crippen LogP contribution in [0.2, 0.25) is 5.02 Å². The normalized spacial score (nSPS) is 12.0. The molecule has 42 heavy (non-hydrogen) atoms. The lowest BCUT2D eigenvalue weighted by Gasteiger charge is -2.24. The van der Waals surface area contributed by atoms with E-state index < -0.39 is 29.2 Å². The molecule has 11 heteroatoms. The molecular formula is C31H30ClF3N2O5. The lowest BCUT2D eigenvalue weighted by atomic mass is 10.1. The second-order valence-electron chi connectivity index (χ2n) is 10.3. The number of carbonyl (C=O) groups excluding carboxylic acids is 2. The van der Waals surface area contributed by atoms with Crippen LogP contribution < -0.4 is 14.8 Å². The van der Waals surface area contributed by atoms with Gasteiger partial charge in [0, 0.05) is 11.1 Å². The summed E-state index contributed by atoms with van der Waals surface area (Å²) < 4.78 is 57.2. The summed E-state index contributed by atoms with van der Waals surface area (Å²) in [6.07, 6.45) is -4.50. The maximum atomic E-state index is 13.7. The summed E-state index contributed by atoms with van der Waals surface area (Å²) in [7, 11) is 0. The molecule has 0 saturated carbocycles. The number of hydrogen-bond donors (Lipinski definition) is 1. The zero-order chi connectivity index (χ0) is 30.8. The van der Waals surface area contributed by atoms with Crippen molar-refractivity contribution in [3.8, 4) is 22.9 Å². The quantitative estimate of drug-likeness (QED) is 0.197. The van der Waals surface area contributed by atoms with Crippen LogP contribution in [-0.2, 0) is 15.7 Å². The molecule has 1 amide bonds. The fraction of sp³-hybridized carbons (Fsp3) is 0.290. The maximum Gasteiger partial charge on any atom is 0.416 e. The van der Waals surface area contributed by atoms with Gasteiger partial charge in [-0.05, 0) is 101 Å². The molecule has 222 valence electrons. The zero-order valence-corrected chi connectivity index (χ0v) is 24.4. The number of alkyl halides is 3. The van der Waals surface area contributed by atoms with E-state index in [4.69, 9.17) is 25.8 Å². The Bertz CT molecular complexity index is 1590. The van der Waals surface area contributed by atoms with Crippen molar-refractivity contribution in [2.24, 2.45) is 0 Å². The molecule has 3 aromatic carbocycles. The van der Waals surface area contributed by atoms with Gasteiger partial charge in [-0.3, -0.25) is 4.79 Å². The number of ether oxygens (including phenoxy) is 3. The van der Waals surface area contributed by atoms with Crippen LogP contribution in [-0.4, -0.2) is 34.7 Å². The molecule has 7 nitrogen and oxygen atoms in total. The number of esters is 1. The van der Waals surface area contributed by atoms with E-state index in [1.54, 1.807) is 54.0 Å². The Labute approximate surface area is 246 Å². The highest BCUT2D eigenvalue weighted by Gasteiger charge is 2.34. The van der Waals surface area contributed by atoms with Crippen LogP contribution in [0.25, 0.3) is 16.6 Å². The topological polar surface area (TPSA) is 78.8 Å². The van der Waals surface area contributed by atoms with Gasteiger partial charge < -0.3 is 24.1 Å². The average Bonchev–Trinajstić information content (AvgIpc) is 3.20. The van der Waals surface area contributed by atoms with Gasteiger partial charge in [0.05, 0.1) is 28.8 Å². The van der Waals surface area contributed by atoms with E-state index >= 15 is 0 Å². The van der Waals surface area contributed by atoms with E-state index in [0.29, 0.717) is 28.1 Å². The maximum absolute atomic E-state index is 13.7. The third kappa shape index (κ3) is 6.65. The van der Waals surface area contributed by atoms with Crippen LogP contribution >= 0.6 is 11.6 Å². The minimum atomic E-state index is -4.47. The molecule has 4 rings (SSSR count). The Kier molecular flexibility index (Phi) is 8.77. The van der Waals surface area contributed by atoms with Crippen LogP contribution in [0, 0.1) is 0 Å². The standard InChI is InChI=1S/C31H30ClF3N2O5/c1-6-40-29(39)30(4,5)36-28(38)27-26(32)24-17-23(42-22-11-7-19(8-12-22)31(33,34)35)15-16-25(24)37(27)20-9-13-21(14-10-20)41-18(2)3/h7-18H,6H2,1-5H3,(H,36,38). The van der Waals surface area contributed by atoms with E-state index in [1.807, 2.05) is 13.8 Å². The minimum absolute atomic E-state index is 0.0350. The Morgan fingerprint density at radius 2 is 1.52 bits per heavy atom. The number of nitrogens with zero attached hydrogens (tertiary/aromatic N) is 1. The number of carbonyl (C=O) groups is 2. The number of fused-ring (bicyclic) bond motifs is 1. The first kappa shape index (κ1) is 30.8. The third-order valence-corrected chi connectivity index (χ3v) is 6.57. The number of halogens is 4. The van der Waals surface area contributed by atoms with E-state index in [9.17, 15) is 22.8 Å². The highest BCUT2D eigenvalue weighted by molar-refractivity contribution is 6.39. The summed E-state index contributed by atoms with van der Waals surface area (Å²) in [5, 5.41) is 3.24. The first-order chi connectivity index (χ1) is 19.7. The summed E-state index contributed by atoms with van der Waals surface area (Å²) >= 11 is 6.82. The van der Waals surface area contributed by atoms with Gasteiger partial charge in [0.2, 0.25) is 0 Å². The third-order valence-electron chi connectivity index (χ3n) is 6.19. The number of benzene rings is 3. The summed E-state index contributed by atoms with van der Waals surface area (Å²) in [6.45, 7) is 8.68. The van der Waals surface area contributed by atoms with E-state index in [2.05, 4.69) is 5.32 Å². The number of amides is 1. The summed E-state index contributed by atoms with van der Waals surface area (Å²) in [4.78, 5) is 26.2. The monoisotopic (exact) mass is 602 g/mol. The zero-order valence-electron chi connectivity index (χ0n) is 23.6. The lowest BCUT2D eigenvalue weighted by Crippen LogP contribution is -2.51. The predicted octanol–water partition coefficient (Wildman–Crippen LogP) is 7.95. The average molecular weight is 603 g/mol. The highest BCUT2D eigenvalue weighted by atomic mass is 35.5. The number of hydrogen-bond acceptors (Lipinski definition) is 5. The summed E-state index contributed by atoms with van der Waals surface area (Å²) in [5.41, 5.74) is -0.941. The Morgan fingerprint density at radius 3 is 2.10 bits per heavy atom. The van der Waals surface area contributed by atoms with Crippen LogP contribution in [0.1, 0.15) is 50.7 Å². The second kappa shape index (κ2) is 12.0. The fourth-order valence-electron chi connectivity index (χ4n) is 4.26. The van der Waals surface area contributed by atoms with Gasteiger partial charge in [-0.1, -0.05) is 11.6 Å². The summed E-state index contributed by atoms with van der Waals surface area (Å²) in [6, 6.07) is 16.3. The van der Waals surface area contributed by atoms with Gasteiger partial charge in [-0.2, -0.15) is 13.2 Å². The first-order valence-electron chi connectivity index (χ1n) is 13.2. The SMILES string of the molecule is CCOC(=O)C(C)(C)NC(=O)c1c(Cl)c2cc(Oc3ccc(C(F)(F)F)cc3)ccc2n1-c1ccc(OC(C)C)cc1. The number of rotatable bonds is 9. The number of aromatic nitrogens is 1. The predicted molar refractivity (Wildman–Crippen MR) is 154 cm³/mol. The van der Waals surface area contributed by atoms with Gasteiger partial charge in [0.1, 0.15) is 28.5 Å². The van der Waals surface area contributed by atoms with Crippen molar-refractivity contribution in [1.82, 2.24) is 9.88 Å². The van der Waals surface area contributed by atoms with Crippen LogP contribution in [0.3, 0.4) is 0 Å². The fourth-order valence-corrected chi connectivity index (χ4v) is 4.59. The van der Waals surface area contributed by atoms with Crippen molar-refractivity contribution in [2.75, 3.05) is 6.61 Å². The number of nitrogens with one attached hydrogen (secondary N) is 1. The summed E-state index contributed by atoms with van der Waals surface area (Å²) in [5.74, 6) is -0.118.